The molecule has 7 nitrogen and oxygen atoms in total. The van der Waals surface area contributed by atoms with Crippen molar-refractivity contribution in [1.29, 1.82) is 0 Å². The van der Waals surface area contributed by atoms with Crippen molar-refractivity contribution >= 4 is 50.7 Å². The number of amides is 2. The van der Waals surface area contributed by atoms with E-state index in [-0.39, 0.29) is 29.8 Å². The predicted octanol–water partition coefficient (Wildman–Crippen LogP) is 7.36. The molecule has 0 saturated carbocycles. The van der Waals surface area contributed by atoms with Crippen molar-refractivity contribution in [2.75, 3.05) is 10.8 Å². The number of carbonyl (C=O) groups excluding carboxylic acids is 2. The van der Waals surface area contributed by atoms with E-state index in [0.29, 0.717) is 27.7 Å². The zero-order valence-electron chi connectivity index (χ0n) is 26.4. The fraction of sp³-hybridized carbons (Fsp3) is 0.278. The zero-order chi connectivity index (χ0) is 33.4. The molecule has 0 aliphatic heterocycles. The van der Waals surface area contributed by atoms with Gasteiger partial charge in [-0.05, 0) is 80.3 Å². The van der Waals surface area contributed by atoms with Crippen LogP contribution in [0.2, 0.25) is 10.0 Å². The number of rotatable bonds is 13. The summed E-state index contributed by atoms with van der Waals surface area (Å²) in [5.74, 6) is -0.952. The summed E-state index contributed by atoms with van der Waals surface area (Å²) in [6.07, 6.45) is 0.871. The van der Waals surface area contributed by atoms with Crippen LogP contribution in [0.3, 0.4) is 0 Å². The van der Waals surface area contributed by atoms with Crippen molar-refractivity contribution in [3.05, 3.63) is 129 Å². The largest absolute Gasteiger partial charge is 0.352 e. The summed E-state index contributed by atoms with van der Waals surface area (Å²) in [7, 11) is -4.20. The summed E-state index contributed by atoms with van der Waals surface area (Å²) in [5, 5.41) is 3.68. The second-order valence-corrected chi connectivity index (χ2v) is 14.0. The van der Waals surface area contributed by atoms with Crippen molar-refractivity contribution in [3.8, 4) is 0 Å². The molecular formula is C36H39Cl2N3O4S. The molecule has 2 amide bonds. The molecule has 0 unspecified atom stereocenters. The van der Waals surface area contributed by atoms with E-state index in [9.17, 15) is 18.0 Å². The van der Waals surface area contributed by atoms with Crippen LogP contribution in [0.4, 0.5) is 5.69 Å². The summed E-state index contributed by atoms with van der Waals surface area (Å²) in [4.78, 5) is 30.0. The predicted molar refractivity (Wildman–Crippen MR) is 186 cm³/mol. The van der Waals surface area contributed by atoms with Crippen LogP contribution in [-0.4, -0.2) is 43.8 Å². The Labute approximate surface area is 282 Å². The topological polar surface area (TPSA) is 86.8 Å². The Hall–Kier alpha value is -3.85. The number of nitrogens with one attached hydrogen (secondary N) is 1. The minimum absolute atomic E-state index is 0.0390. The highest BCUT2D eigenvalue weighted by Gasteiger charge is 2.35. The van der Waals surface area contributed by atoms with Gasteiger partial charge in [-0.15, -0.1) is 0 Å². The van der Waals surface area contributed by atoms with Gasteiger partial charge in [0.1, 0.15) is 12.6 Å². The number of sulfonamides is 1. The average Bonchev–Trinajstić information content (AvgIpc) is 3.04. The molecule has 0 saturated heterocycles. The Bertz CT molecular complexity index is 1750. The Kier molecular flexibility index (Phi) is 11.9. The smallest absolute Gasteiger partial charge is 0.264 e. The van der Waals surface area contributed by atoms with Crippen LogP contribution in [0.15, 0.2) is 102 Å². The lowest BCUT2D eigenvalue weighted by Gasteiger charge is -2.34. The first kappa shape index (κ1) is 35.0. The highest BCUT2D eigenvalue weighted by molar-refractivity contribution is 7.92. The fourth-order valence-corrected chi connectivity index (χ4v) is 6.92. The van der Waals surface area contributed by atoms with E-state index in [4.69, 9.17) is 23.2 Å². The molecule has 0 aromatic heterocycles. The van der Waals surface area contributed by atoms with Gasteiger partial charge in [0.05, 0.1) is 10.6 Å². The number of nitrogens with zero attached hydrogens (tertiary/aromatic N) is 2. The van der Waals surface area contributed by atoms with Gasteiger partial charge in [0, 0.05) is 34.6 Å². The van der Waals surface area contributed by atoms with Crippen molar-refractivity contribution in [1.82, 2.24) is 10.2 Å². The van der Waals surface area contributed by atoms with E-state index in [1.54, 1.807) is 48.5 Å². The van der Waals surface area contributed by atoms with Gasteiger partial charge in [0.25, 0.3) is 10.0 Å². The second-order valence-electron chi connectivity index (χ2n) is 11.3. The van der Waals surface area contributed by atoms with Crippen LogP contribution < -0.4 is 9.62 Å². The number of hydrogen-bond acceptors (Lipinski definition) is 4. The summed E-state index contributed by atoms with van der Waals surface area (Å²) >= 11 is 13.2. The molecule has 242 valence electrons. The molecule has 0 fully saturated rings. The molecule has 0 spiro atoms. The van der Waals surface area contributed by atoms with Crippen LogP contribution in [0, 0.1) is 13.8 Å². The first-order chi connectivity index (χ1) is 21.9. The minimum Gasteiger partial charge on any atom is -0.352 e. The highest BCUT2D eigenvalue weighted by atomic mass is 35.5. The third-order valence-corrected chi connectivity index (χ3v) is 10.5. The molecule has 0 bridgehead atoms. The molecule has 2 atom stereocenters. The quantitative estimate of drug-likeness (QED) is 0.160. The summed E-state index contributed by atoms with van der Waals surface area (Å²) in [6, 6.07) is 26.5. The van der Waals surface area contributed by atoms with Crippen LogP contribution in [0.5, 0.6) is 0 Å². The number of benzene rings is 4. The molecule has 0 heterocycles. The molecule has 46 heavy (non-hydrogen) atoms. The van der Waals surface area contributed by atoms with Crippen LogP contribution in [0.25, 0.3) is 0 Å². The summed E-state index contributed by atoms with van der Waals surface area (Å²) in [6.45, 7) is 6.98. The Morgan fingerprint density at radius 3 is 2.02 bits per heavy atom. The molecule has 0 aliphatic carbocycles. The molecule has 4 rings (SSSR count). The van der Waals surface area contributed by atoms with E-state index < -0.39 is 28.5 Å². The minimum atomic E-state index is -4.20. The number of anilines is 1. The van der Waals surface area contributed by atoms with Gasteiger partial charge in [0.15, 0.2) is 0 Å². The summed E-state index contributed by atoms with van der Waals surface area (Å²) < 4.78 is 29.4. The van der Waals surface area contributed by atoms with Gasteiger partial charge in [-0.25, -0.2) is 8.42 Å². The van der Waals surface area contributed by atoms with E-state index in [2.05, 4.69) is 5.32 Å². The van der Waals surface area contributed by atoms with Crippen LogP contribution >= 0.6 is 23.2 Å². The molecule has 0 aliphatic rings. The SMILES string of the molecule is CC[C@@H](C)NC(=O)[C@H](Cc1ccccc1)N(Cc1c(Cl)cccc1Cl)C(=O)CN(c1ccc(C)c(C)c1)S(=O)(=O)c1ccccc1. The molecule has 4 aromatic carbocycles. The van der Waals surface area contributed by atoms with Gasteiger partial charge >= 0.3 is 0 Å². The lowest BCUT2D eigenvalue weighted by Crippen LogP contribution is -2.54. The van der Waals surface area contributed by atoms with Gasteiger partial charge in [-0.2, -0.15) is 0 Å². The monoisotopic (exact) mass is 679 g/mol. The average molecular weight is 681 g/mol. The molecule has 4 aromatic rings. The van der Waals surface area contributed by atoms with Gasteiger partial charge in [-0.3, -0.25) is 13.9 Å². The Morgan fingerprint density at radius 2 is 1.43 bits per heavy atom. The first-order valence-electron chi connectivity index (χ1n) is 15.1. The number of carbonyl (C=O) groups is 2. The van der Waals surface area contributed by atoms with E-state index >= 15 is 0 Å². The first-order valence-corrected chi connectivity index (χ1v) is 17.3. The van der Waals surface area contributed by atoms with E-state index in [0.717, 1.165) is 21.0 Å². The maximum Gasteiger partial charge on any atom is 0.264 e. The normalized spacial score (nSPS) is 12.7. The van der Waals surface area contributed by atoms with Crippen molar-refractivity contribution < 1.29 is 18.0 Å². The number of aryl methyl sites for hydroxylation is 2. The highest BCUT2D eigenvalue weighted by Crippen LogP contribution is 2.29. The zero-order valence-corrected chi connectivity index (χ0v) is 28.7. The standard InChI is InChI=1S/C36H39Cl2N3O4S/c1-5-27(4)39-36(43)34(22-28-13-8-6-9-14-28)40(23-31-32(37)17-12-18-33(31)38)35(42)24-41(29-20-19-25(2)26(3)21-29)46(44,45)30-15-10-7-11-16-30/h6-21,27,34H,5,22-24H2,1-4H3,(H,39,43)/t27-,34+/m1/s1. The maximum absolute atomic E-state index is 14.6. The number of halogens is 2. The number of hydrogen-bond donors (Lipinski definition) is 1. The van der Waals surface area contributed by atoms with E-state index in [1.807, 2.05) is 64.1 Å². The summed E-state index contributed by atoms with van der Waals surface area (Å²) in [5.41, 5.74) is 3.47. The Morgan fingerprint density at radius 1 is 0.826 bits per heavy atom. The van der Waals surface area contributed by atoms with Gasteiger partial charge in [-0.1, -0.05) is 90.8 Å². The Balaban J connectivity index is 1.85. The van der Waals surface area contributed by atoms with Crippen molar-refractivity contribution in [3.63, 3.8) is 0 Å². The van der Waals surface area contributed by atoms with Gasteiger partial charge < -0.3 is 10.2 Å². The lowest BCUT2D eigenvalue weighted by molar-refractivity contribution is -0.140. The van der Waals surface area contributed by atoms with Crippen LogP contribution in [0.1, 0.15) is 42.5 Å². The third kappa shape index (κ3) is 8.49. The van der Waals surface area contributed by atoms with Gasteiger partial charge in [0.2, 0.25) is 11.8 Å². The second kappa shape index (κ2) is 15.6. The van der Waals surface area contributed by atoms with Crippen LogP contribution in [-0.2, 0) is 32.6 Å². The molecule has 1 N–H and O–H groups in total. The van der Waals surface area contributed by atoms with Crippen molar-refractivity contribution in [2.24, 2.45) is 0 Å². The molecular weight excluding hydrogens is 641 g/mol. The maximum atomic E-state index is 14.6. The fourth-order valence-electron chi connectivity index (χ4n) is 4.98. The molecule has 10 heteroatoms. The van der Waals surface area contributed by atoms with E-state index in [1.165, 1.54) is 17.0 Å². The molecule has 0 radical (unpaired) electrons. The lowest BCUT2D eigenvalue weighted by atomic mass is 10.0. The third-order valence-electron chi connectivity index (χ3n) is 8.05. The van der Waals surface area contributed by atoms with Crippen molar-refractivity contribution in [2.45, 2.75) is 64.1 Å².